The van der Waals surface area contributed by atoms with Crippen LogP contribution in [0.3, 0.4) is 0 Å². The predicted molar refractivity (Wildman–Crippen MR) is 66.7 cm³/mol. The summed E-state index contributed by atoms with van der Waals surface area (Å²) in [4.78, 5) is 14.1. The number of ether oxygens (including phenoxy) is 1. The fourth-order valence-corrected chi connectivity index (χ4v) is 2.02. The van der Waals surface area contributed by atoms with Gasteiger partial charge in [-0.3, -0.25) is 0 Å². The molecule has 5 heteroatoms. The van der Waals surface area contributed by atoms with Crippen molar-refractivity contribution < 1.29 is 13.9 Å². The Hall–Kier alpha value is -1.62. The van der Waals surface area contributed by atoms with Crippen molar-refractivity contribution in [2.24, 2.45) is 0 Å². The van der Waals surface area contributed by atoms with E-state index in [1.807, 2.05) is 7.05 Å². The molecule has 4 nitrogen and oxygen atoms in total. The molecule has 0 radical (unpaired) electrons. The van der Waals surface area contributed by atoms with E-state index in [-0.39, 0.29) is 17.4 Å². The topological polar surface area (TPSA) is 55.6 Å². The van der Waals surface area contributed by atoms with Gasteiger partial charge in [-0.05, 0) is 38.1 Å². The lowest BCUT2D eigenvalue weighted by molar-refractivity contribution is 0.0140. The normalized spacial score (nSPS) is 17.7. The molecule has 2 N–H and O–H groups in total. The van der Waals surface area contributed by atoms with Crippen molar-refractivity contribution in [3.63, 3.8) is 0 Å². The lowest BCUT2D eigenvalue weighted by Gasteiger charge is -2.28. The second-order valence-corrected chi connectivity index (χ2v) is 4.64. The van der Waals surface area contributed by atoms with Gasteiger partial charge in [0.1, 0.15) is 11.9 Å². The monoisotopic (exact) mass is 252 g/mol. The SMILES string of the molecule is CN1CCC(OC(=O)c2cc(F)ccc2N)CC1. The largest absolute Gasteiger partial charge is 0.459 e. The average Bonchev–Trinajstić information content (AvgIpc) is 2.35. The Morgan fingerprint density at radius 1 is 1.44 bits per heavy atom. The summed E-state index contributed by atoms with van der Waals surface area (Å²) in [5.41, 5.74) is 5.99. The summed E-state index contributed by atoms with van der Waals surface area (Å²) in [6.45, 7) is 1.80. The van der Waals surface area contributed by atoms with E-state index < -0.39 is 11.8 Å². The van der Waals surface area contributed by atoms with Crippen molar-refractivity contribution in [3.05, 3.63) is 29.6 Å². The van der Waals surface area contributed by atoms with Crippen molar-refractivity contribution in [2.75, 3.05) is 25.9 Å². The minimum absolute atomic E-state index is 0.101. The maximum absolute atomic E-state index is 13.1. The van der Waals surface area contributed by atoms with E-state index in [1.54, 1.807) is 0 Å². The number of carbonyl (C=O) groups is 1. The molecule has 1 heterocycles. The van der Waals surface area contributed by atoms with E-state index in [2.05, 4.69) is 4.90 Å². The van der Waals surface area contributed by atoms with Gasteiger partial charge in [0.2, 0.25) is 0 Å². The summed E-state index contributed by atoms with van der Waals surface area (Å²) in [5, 5.41) is 0. The van der Waals surface area contributed by atoms with Crippen LogP contribution in [0, 0.1) is 5.82 Å². The molecule has 98 valence electrons. The maximum Gasteiger partial charge on any atom is 0.340 e. The number of halogens is 1. The van der Waals surface area contributed by atoms with Crippen molar-refractivity contribution in [1.82, 2.24) is 4.90 Å². The number of esters is 1. The van der Waals surface area contributed by atoms with E-state index in [1.165, 1.54) is 12.1 Å². The van der Waals surface area contributed by atoms with Crippen molar-refractivity contribution in [2.45, 2.75) is 18.9 Å². The highest BCUT2D eigenvalue weighted by molar-refractivity contribution is 5.95. The Morgan fingerprint density at radius 2 is 2.11 bits per heavy atom. The molecule has 1 aromatic carbocycles. The first kappa shape index (κ1) is 12.8. The molecule has 0 amide bonds. The third kappa shape index (κ3) is 2.98. The summed E-state index contributed by atoms with van der Waals surface area (Å²) < 4.78 is 18.4. The van der Waals surface area contributed by atoms with Crippen LogP contribution in [-0.2, 0) is 4.74 Å². The second-order valence-electron chi connectivity index (χ2n) is 4.64. The molecule has 1 aliphatic heterocycles. The maximum atomic E-state index is 13.1. The predicted octanol–water partition coefficient (Wildman–Crippen LogP) is 1.66. The number of nitrogen functional groups attached to an aromatic ring is 1. The molecule has 1 saturated heterocycles. The molecule has 0 atom stereocenters. The quantitative estimate of drug-likeness (QED) is 0.642. The molecule has 1 fully saturated rings. The fourth-order valence-electron chi connectivity index (χ4n) is 2.02. The Morgan fingerprint density at radius 3 is 2.78 bits per heavy atom. The van der Waals surface area contributed by atoms with Crippen LogP contribution >= 0.6 is 0 Å². The number of anilines is 1. The van der Waals surface area contributed by atoms with Crippen LogP contribution in [0.1, 0.15) is 23.2 Å². The molecule has 2 rings (SSSR count). The van der Waals surface area contributed by atoms with Crippen LogP contribution in [0.5, 0.6) is 0 Å². The molecule has 1 aromatic rings. The van der Waals surface area contributed by atoms with Crippen LogP contribution < -0.4 is 5.73 Å². The highest BCUT2D eigenvalue weighted by Gasteiger charge is 2.22. The Kier molecular flexibility index (Phi) is 3.81. The number of carbonyl (C=O) groups excluding carboxylic acids is 1. The van der Waals surface area contributed by atoms with Gasteiger partial charge in [0, 0.05) is 18.8 Å². The third-order valence-electron chi connectivity index (χ3n) is 3.17. The first-order valence-electron chi connectivity index (χ1n) is 6.01. The molecule has 1 aliphatic rings. The lowest BCUT2D eigenvalue weighted by Crippen LogP contribution is -2.35. The number of rotatable bonds is 2. The average molecular weight is 252 g/mol. The van der Waals surface area contributed by atoms with Crippen molar-refractivity contribution >= 4 is 11.7 Å². The summed E-state index contributed by atoms with van der Waals surface area (Å²) in [5.74, 6) is -1.03. The second kappa shape index (κ2) is 5.35. The van der Waals surface area contributed by atoms with Gasteiger partial charge >= 0.3 is 5.97 Å². The van der Waals surface area contributed by atoms with E-state index in [9.17, 15) is 9.18 Å². The zero-order chi connectivity index (χ0) is 13.1. The van der Waals surface area contributed by atoms with E-state index in [0.29, 0.717) is 0 Å². The van der Waals surface area contributed by atoms with Gasteiger partial charge in [0.25, 0.3) is 0 Å². The summed E-state index contributed by atoms with van der Waals surface area (Å²) in [7, 11) is 2.03. The van der Waals surface area contributed by atoms with Gasteiger partial charge in [-0.2, -0.15) is 0 Å². The number of likely N-dealkylation sites (tertiary alicyclic amines) is 1. The number of hydrogen-bond donors (Lipinski definition) is 1. The summed E-state index contributed by atoms with van der Waals surface area (Å²) in [6.07, 6.45) is 1.51. The Balaban J connectivity index is 2.01. The molecule has 0 spiro atoms. The zero-order valence-electron chi connectivity index (χ0n) is 10.4. The Labute approximate surface area is 106 Å². The van der Waals surface area contributed by atoms with E-state index in [0.717, 1.165) is 32.0 Å². The first-order chi connectivity index (χ1) is 8.56. The fraction of sp³-hybridized carbons (Fsp3) is 0.462. The number of benzene rings is 1. The van der Waals surface area contributed by atoms with Crippen LogP contribution in [0.2, 0.25) is 0 Å². The highest BCUT2D eigenvalue weighted by atomic mass is 19.1. The lowest BCUT2D eigenvalue weighted by atomic mass is 10.1. The molecule has 0 unspecified atom stereocenters. The molecular formula is C13H17FN2O2. The van der Waals surface area contributed by atoms with Crippen molar-refractivity contribution in [3.8, 4) is 0 Å². The molecule has 0 aliphatic carbocycles. The molecular weight excluding hydrogens is 235 g/mol. The standard InChI is InChI=1S/C13H17FN2O2/c1-16-6-4-10(5-7-16)18-13(17)11-8-9(14)2-3-12(11)15/h2-3,8,10H,4-7,15H2,1H3. The molecule has 18 heavy (non-hydrogen) atoms. The van der Waals surface area contributed by atoms with Crippen LogP contribution in [0.25, 0.3) is 0 Å². The van der Waals surface area contributed by atoms with E-state index in [4.69, 9.17) is 10.5 Å². The molecule has 0 aromatic heterocycles. The van der Waals surface area contributed by atoms with E-state index >= 15 is 0 Å². The van der Waals surface area contributed by atoms with Crippen LogP contribution in [-0.4, -0.2) is 37.1 Å². The molecule has 0 saturated carbocycles. The summed E-state index contributed by atoms with van der Waals surface area (Å²) >= 11 is 0. The number of hydrogen-bond acceptors (Lipinski definition) is 4. The van der Waals surface area contributed by atoms with Crippen molar-refractivity contribution in [1.29, 1.82) is 0 Å². The van der Waals surface area contributed by atoms with Gasteiger partial charge in [-0.1, -0.05) is 0 Å². The van der Waals surface area contributed by atoms with Crippen LogP contribution in [0.15, 0.2) is 18.2 Å². The first-order valence-corrected chi connectivity index (χ1v) is 6.01. The third-order valence-corrected chi connectivity index (χ3v) is 3.17. The highest BCUT2D eigenvalue weighted by Crippen LogP contribution is 2.18. The summed E-state index contributed by atoms with van der Waals surface area (Å²) in [6, 6.07) is 3.72. The zero-order valence-corrected chi connectivity index (χ0v) is 10.4. The van der Waals surface area contributed by atoms with Gasteiger partial charge < -0.3 is 15.4 Å². The number of nitrogens with zero attached hydrogens (tertiary/aromatic N) is 1. The van der Waals surface area contributed by atoms with Gasteiger partial charge in [-0.15, -0.1) is 0 Å². The minimum Gasteiger partial charge on any atom is -0.459 e. The Bertz CT molecular complexity index is 443. The van der Waals surface area contributed by atoms with Gasteiger partial charge in [0.15, 0.2) is 0 Å². The van der Waals surface area contributed by atoms with Crippen LogP contribution in [0.4, 0.5) is 10.1 Å². The number of nitrogens with two attached hydrogens (primary N) is 1. The van der Waals surface area contributed by atoms with Gasteiger partial charge in [-0.25, -0.2) is 9.18 Å². The molecule has 0 bridgehead atoms. The number of piperidine rings is 1. The minimum atomic E-state index is -0.540. The smallest absolute Gasteiger partial charge is 0.340 e. The van der Waals surface area contributed by atoms with Gasteiger partial charge in [0.05, 0.1) is 5.56 Å².